The fourth-order valence-electron chi connectivity index (χ4n) is 5.14. The van der Waals surface area contributed by atoms with Gasteiger partial charge in [-0.1, -0.05) is 0 Å². The molecule has 2 fully saturated rings. The highest BCUT2D eigenvalue weighted by Crippen LogP contribution is 2.45. The maximum absolute atomic E-state index is 13.7. The van der Waals surface area contributed by atoms with Crippen LogP contribution < -0.4 is 4.90 Å². The summed E-state index contributed by atoms with van der Waals surface area (Å²) in [5.74, 6) is -2.54. The second-order valence-electron chi connectivity index (χ2n) is 9.06. The van der Waals surface area contributed by atoms with Gasteiger partial charge in [0.05, 0.1) is 23.8 Å². The number of alkyl halides is 3. The van der Waals surface area contributed by atoms with E-state index in [0.717, 1.165) is 18.2 Å². The quantitative estimate of drug-likeness (QED) is 0.559. The molecule has 5 nitrogen and oxygen atoms in total. The van der Waals surface area contributed by atoms with Crippen LogP contribution >= 0.6 is 0 Å². The monoisotopic (exact) mass is 493 g/mol. The Morgan fingerprint density at radius 1 is 1.17 bits per heavy atom. The Hall–Kier alpha value is -3.19. The van der Waals surface area contributed by atoms with Gasteiger partial charge < -0.3 is 14.5 Å². The Balaban J connectivity index is 1.61. The summed E-state index contributed by atoms with van der Waals surface area (Å²) >= 11 is 0. The first kappa shape index (κ1) is 24.9. The number of benzene rings is 2. The molecule has 4 rings (SSSR count). The van der Waals surface area contributed by atoms with Crippen LogP contribution in [0.15, 0.2) is 36.4 Å². The molecule has 2 aliphatic rings. The van der Waals surface area contributed by atoms with Gasteiger partial charge in [0.2, 0.25) is 0 Å². The molecule has 2 heterocycles. The average Bonchev–Trinajstić information content (AvgIpc) is 3.22. The average molecular weight is 493 g/mol. The van der Waals surface area contributed by atoms with Crippen LogP contribution in [0.3, 0.4) is 0 Å². The van der Waals surface area contributed by atoms with E-state index in [2.05, 4.69) is 0 Å². The smallest absolute Gasteiger partial charge is 0.381 e. The highest BCUT2D eigenvalue weighted by atomic mass is 19.4. The zero-order valence-corrected chi connectivity index (χ0v) is 19.0. The van der Waals surface area contributed by atoms with Crippen molar-refractivity contribution in [1.29, 1.82) is 5.26 Å². The van der Waals surface area contributed by atoms with E-state index in [1.54, 1.807) is 11.0 Å². The predicted molar refractivity (Wildman–Crippen MR) is 118 cm³/mol. The van der Waals surface area contributed by atoms with Gasteiger partial charge in [-0.25, -0.2) is 8.78 Å². The number of likely N-dealkylation sites (tertiary alicyclic amines) is 1. The van der Waals surface area contributed by atoms with Crippen molar-refractivity contribution in [2.45, 2.75) is 19.5 Å². The van der Waals surface area contributed by atoms with E-state index < -0.39 is 40.3 Å². The number of ether oxygens (including phenoxy) is 1. The normalized spacial score (nSPS) is 22.1. The summed E-state index contributed by atoms with van der Waals surface area (Å²) in [4.78, 5) is 16.5. The summed E-state index contributed by atoms with van der Waals surface area (Å²) in [6.07, 6.45) is -4.08. The van der Waals surface area contributed by atoms with E-state index in [1.165, 1.54) is 18.2 Å². The SMILES string of the molecule is CCOCC12CN(C(=O)c3ccc(F)c(F)c3)CCC1CN(c1ccc(C#N)c(C(F)(F)F)c1)C2. The highest BCUT2D eigenvalue weighted by Gasteiger charge is 2.51. The van der Waals surface area contributed by atoms with Crippen LogP contribution in [-0.4, -0.2) is 50.2 Å². The van der Waals surface area contributed by atoms with Crippen LogP contribution in [0.2, 0.25) is 0 Å². The van der Waals surface area contributed by atoms with Crippen LogP contribution in [-0.2, 0) is 10.9 Å². The van der Waals surface area contributed by atoms with Gasteiger partial charge in [0.1, 0.15) is 0 Å². The topological polar surface area (TPSA) is 56.6 Å². The van der Waals surface area contributed by atoms with Gasteiger partial charge in [-0.15, -0.1) is 0 Å². The number of hydrogen-bond donors (Lipinski definition) is 0. The number of fused-ring (bicyclic) bond motifs is 1. The number of amides is 1. The predicted octanol–water partition coefficient (Wildman–Crippen LogP) is 4.86. The number of anilines is 1. The number of halogens is 5. The van der Waals surface area contributed by atoms with Crippen LogP contribution in [0.25, 0.3) is 0 Å². The third-order valence-electron chi connectivity index (χ3n) is 6.91. The zero-order chi connectivity index (χ0) is 25.4. The molecule has 35 heavy (non-hydrogen) atoms. The van der Waals surface area contributed by atoms with Crippen molar-refractivity contribution < 1.29 is 31.5 Å². The Bertz CT molecular complexity index is 1160. The molecule has 0 radical (unpaired) electrons. The number of nitrogens with zero attached hydrogens (tertiary/aromatic N) is 3. The molecule has 0 bridgehead atoms. The van der Waals surface area contributed by atoms with Crippen LogP contribution in [0.5, 0.6) is 0 Å². The minimum Gasteiger partial charge on any atom is -0.381 e. The Labute approximate surface area is 199 Å². The number of carbonyl (C=O) groups is 1. The summed E-state index contributed by atoms with van der Waals surface area (Å²) in [6.45, 7) is 4.04. The van der Waals surface area contributed by atoms with Crippen molar-refractivity contribution in [3.8, 4) is 6.07 Å². The molecule has 2 aromatic carbocycles. The second kappa shape index (κ2) is 9.46. The summed E-state index contributed by atoms with van der Waals surface area (Å²) in [7, 11) is 0. The number of piperidine rings is 1. The van der Waals surface area contributed by atoms with Crippen LogP contribution in [0, 0.1) is 34.3 Å². The highest BCUT2D eigenvalue weighted by molar-refractivity contribution is 5.94. The molecule has 0 aliphatic carbocycles. The Morgan fingerprint density at radius 2 is 1.94 bits per heavy atom. The lowest BCUT2D eigenvalue weighted by Gasteiger charge is -2.43. The molecule has 1 amide bonds. The van der Waals surface area contributed by atoms with Gasteiger partial charge in [-0.3, -0.25) is 4.79 Å². The first-order valence-electron chi connectivity index (χ1n) is 11.3. The molecule has 0 N–H and O–H groups in total. The van der Waals surface area contributed by atoms with Gasteiger partial charge in [0.15, 0.2) is 11.6 Å². The van der Waals surface area contributed by atoms with Gasteiger partial charge in [-0.2, -0.15) is 18.4 Å². The first-order chi connectivity index (χ1) is 16.6. The van der Waals surface area contributed by atoms with Crippen molar-refractivity contribution in [2.24, 2.45) is 11.3 Å². The lowest BCUT2D eigenvalue weighted by atomic mass is 9.73. The zero-order valence-electron chi connectivity index (χ0n) is 19.0. The Kier molecular flexibility index (Phi) is 6.73. The summed E-state index contributed by atoms with van der Waals surface area (Å²) in [5, 5.41) is 9.09. The van der Waals surface area contributed by atoms with E-state index in [-0.39, 0.29) is 18.0 Å². The van der Waals surface area contributed by atoms with Crippen LogP contribution in [0.4, 0.5) is 27.6 Å². The van der Waals surface area contributed by atoms with Gasteiger partial charge in [0, 0.05) is 49.5 Å². The van der Waals surface area contributed by atoms with Crippen molar-refractivity contribution in [2.75, 3.05) is 44.3 Å². The lowest BCUT2D eigenvalue weighted by Crippen LogP contribution is -2.53. The molecular weight excluding hydrogens is 469 g/mol. The molecule has 2 aromatic rings. The summed E-state index contributed by atoms with van der Waals surface area (Å²) in [6, 6.07) is 8.28. The van der Waals surface area contributed by atoms with E-state index in [9.17, 15) is 26.7 Å². The largest absolute Gasteiger partial charge is 0.417 e. The van der Waals surface area contributed by atoms with Crippen molar-refractivity contribution in [3.63, 3.8) is 0 Å². The molecule has 2 unspecified atom stereocenters. The fourth-order valence-corrected chi connectivity index (χ4v) is 5.14. The number of hydrogen-bond acceptors (Lipinski definition) is 4. The van der Waals surface area contributed by atoms with Gasteiger partial charge in [-0.05, 0) is 55.7 Å². The maximum atomic E-state index is 13.7. The van der Waals surface area contributed by atoms with E-state index in [0.29, 0.717) is 45.0 Å². The molecule has 0 spiro atoms. The summed E-state index contributed by atoms with van der Waals surface area (Å²) < 4.78 is 73.3. The molecule has 186 valence electrons. The molecule has 10 heteroatoms. The van der Waals surface area contributed by atoms with E-state index in [4.69, 9.17) is 10.00 Å². The molecule has 0 aromatic heterocycles. The number of nitriles is 1. The number of rotatable bonds is 5. The van der Waals surface area contributed by atoms with Crippen molar-refractivity contribution >= 4 is 11.6 Å². The van der Waals surface area contributed by atoms with Gasteiger partial charge in [0.25, 0.3) is 5.91 Å². The van der Waals surface area contributed by atoms with Crippen LogP contribution in [0.1, 0.15) is 34.8 Å². The standard InChI is InChI=1S/C25H24F5N3O2/c1-2-35-15-24-13-32(23(34)16-4-6-21(26)22(27)9-16)8-7-18(24)12-33(14-24)19-5-3-17(11-31)20(10-19)25(28,29)30/h3-6,9-10,18H,2,7-8,12-15H2,1H3. The third-order valence-corrected chi connectivity index (χ3v) is 6.91. The first-order valence-corrected chi connectivity index (χ1v) is 11.3. The van der Waals surface area contributed by atoms with Crippen molar-refractivity contribution in [3.05, 3.63) is 64.7 Å². The minimum atomic E-state index is -4.66. The van der Waals surface area contributed by atoms with Gasteiger partial charge >= 0.3 is 6.18 Å². The third kappa shape index (κ3) is 4.82. The molecule has 2 atom stereocenters. The lowest BCUT2D eigenvalue weighted by molar-refractivity contribution is -0.137. The molecule has 2 aliphatic heterocycles. The van der Waals surface area contributed by atoms with E-state index >= 15 is 0 Å². The maximum Gasteiger partial charge on any atom is 0.417 e. The van der Waals surface area contributed by atoms with Crippen molar-refractivity contribution in [1.82, 2.24) is 4.90 Å². The second-order valence-corrected chi connectivity index (χ2v) is 9.06. The molecule has 0 saturated carbocycles. The minimum absolute atomic E-state index is 0.0330. The molecular formula is C25H24F5N3O2. The molecule has 2 saturated heterocycles. The van der Waals surface area contributed by atoms with E-state index in [1.807, 2.05) is 11.8 Å². The number of carbonyl (C=O) groups excluding carboxylic acids is 1. The summed E-state index contributed by atoms with van der Waals surface area (Å²) in [5.41, 5.74) is -1.59. The Morgan fingerprint density at radius 3 is 2.60 bits per heavy atom. The fraction of sp³-hybridized carbons (Fsp3) is 0.440.